The molecule has 2 bridgehead atoms. The summed E-state index contributed by atoms with van der Waals surface area (Å²) in [6.07, 6.45) is 53.4. The minimum absolute atomic E-state index is 0.0199. The van der Waals surface area contributed by atoms with Gasteiger partial charge in [0.25, 0.3) is 0 Å². The summed E-state index contributed by atoms with van der Waals surface area (Å²) >= 11 is 0. The zero-order valence-corrected chi connectivity index (χ0v) is 45.6. The molecule has 2 heterocycles. The third-order valence-electron chi connectivity index (χ3n) is 15.4. The maximum Gasteiger partial charge on any atom is 0.305 e. The standard InChI is InChI=1S/C60H116N2O5/c1-5-9-13-17-20-26-34-42-55(39-31-23-16-12-8-4)45-49-65-59(63)43-35-27-21-29-37-47-61-51-57-53-62(54-58(52-61)67-57)48-38-30-22-28-36-44-60(64)66-50-46-56(40-32-24-18-14-10-6-2)41-33-25-19-15-11-7-3/h55-58H,5-54H2,1-4H3. The first-order valence-corrected chi connectivity index (χ1v) is 30.4. The summed E-state index contributed by atoms with van der Waals surface area (Å²) in [6, 6.07) is 0. The molecular formula is C60H116N2O5. The van der Waals surface area contributed by atoms with E-state index >= 15 is 0 Å². The van der Waals surface area contributed by atoms with Gasteiger partial charge < -0.3 is 14.2 Å². The van der Waals surface area contributed by atoms with E-state index in [0.717, 1.165) is 76.5 Å². The van der Waals surface area contributed by atoms with Crippen LogP contribution in [0.15, 0.2) is 0 Å². The number of nitrogens with zero attached hydrogens (tertiary/aromatic N) is 2. The van der Waals surface area contributed by atoms with Crippen LogP contribution in [0.4, 0.5) is 0 Å². The Bertz CT molecular complexity index is 1060. The van der Waals surface area contributed by atoms with Crippen LogP contribution in [0, 0.1) is 11.8 Å². The number of morpholine rings is 2. The number of fused-ring (bicyclic) bond motifs is 2. The number of hydrogen-bond acceptors (Lipinski definition) is 7. The van der Waals surface area contributed by atoms with Crippen LogP contribution in [-0.2, 0) is 23.8 Å². The lowest BCUT2D eigenvalue weighted by Crippen LogP contribution is -2.59. The zero-order chi connectivity index (χ0) is 48.1. The van der Waals surface area contributed by atoms with Gasteiger partial charge in [-0.05, 0) is 63.5 Å². The van der Waals surface area contributed by atoms with E-state index in [1.54, 1.807) is 0 Å². The number of carbonyl (C=O) groups excluding carboxylic acids is 2. The Labute approximate surface area is 417 Å². The van der Waals surface area contributed by atoms with Crippen LogP contribution in [0.25, 0.3) is 0 Å². The third kappa shape index (κ3) is 37.3. The molecular weight excluding hydrogens is 829 g/mol. The molecule has 7 nitrogen and oxygen atoms in total. The maximum atomic E-state index is 12.6. The smallest absolute Gasteiger partial charge is 0.305 e. The van der Waals surface area contributed by atoms with Crippen LogP contribution >= 0.6 is 0 Å². The SMILES string of the molecule is CCCCCCCCCC(CCCCCCC)CCOC(=O)CCCCCCCN1CC2CN(CCCCCCCC(=O)OCCC(CCCCCCCC)CCCCCCCC)CC(C1)O2. The molecule has 0 saturated carbocycles. The highest BCUT2D eigenvalue weighted by molar-refractivity contribution is 5.69. The third-order valence-corrected chi connectivity index (χ3v) is 15.4. The Morgan fingerprint density at radius 1 is 0.373 bits per heavy atom. The van der Waals surface area contributed by atoms with Gasteiger partial charge in [-0.2, -0.15) is 0 Å². The van der Waals surface area contributed by atoms with E-state index < -0.39 is 0 Å². The van der Waals surface area contributed by atoms with E-state index in [9.17, 15) is 9.59 Å². The molecule has 2 aliphatic rings. The van der Waals surface area contributed by atoms with Gasteiger partial charge in [-0.3, -0.25) is 19.4 Å². The largest absolute Gasteiger partial charge is 0.466 e. The highest BCUT2D eigenvalue weighted by Gasteiger charge is 2.34. The summed E-state index contributed by atoms with van der Waals surface area (Å²) in [4.78, 5) is 30.4. The Hall–Kier alpha value is -1.18. The lowest BCUT2D eigenvalue weighted by molar-refractivity contribution is -0.145. The lowest BCUT2D eigenvalue weighted by atomic mass is 9.91. The summed E-state index contributed by atoms with van der Waals surface area (Å²) in [6.45, 7) is 17.0. The summed E-state index contributed by atoms with van der Waals surface area (Å²) in [5, 5.41) is 0. The number of carbonyl (C=O) groups is 2. The Morgan fingerprint density at radius 2 is 0.642 bits per heavy atom. The Kier molecular flexibility index (Phi) is 42.5. The van der Waals surface area contributed by atoms with Crippen molar-refractivity contribution in [2.24, 2.45) is 11.8 Å². The Morgan fingerprint density at radius 3 is 0.955 bits per heavy atom. The molecule has 0 aromatic rings. The molecule has 2 saturated heterocycles. The molecule has 2 fully saturated rings. The number of ether oxygens (including phenoxy) is 3. The molecule has 0 N–H and O–H groups in total. The quantitative estimate of drug-likeness (QED) is 0.0444. The van der Waals surface area contributed by atoms with E-state index in [4.69, 9.17) is 14.2 Å². The molecule has 0 aromatic heterocycles. The molecule has 0 aliphatic carbocycles. The second-order valence-corrected chi connectivity index (χ2v) is 21.9. The van der Waals surface area contributed by atoms with Gasteiger partial charge in [0, 0.05) is 39.0 Å². The molecule has 0 aromatic carbocycles. The van der Waals surface area contributed by atoms with Crippen molar-refractivity contribution in [1.29, 1.82) is 0 Å². The number of rotatable bonds is 50. The van der Waals surface area contributed by atoms with Gasteiger partial charge in [0.1, 0.15) is 0 Å². The minimum atomic E-state index is 0.0199. The van der Waals surface area contributed by atoms with Gasteiger partial charge in [0.2, 0.25) is 0 Å². The average Bonchev–Trinajstić information content (AvgIpc) is 3.32. The van der Waals surface area contributed by atoms with Gasteiger partial charge in [0.15, 0.2) is 0 Å². The van der Waals surface area contributed by atoms with Gasteiger partial charge in [-0.15, -0.1) is 0 Å². The van der Waals surface area contributed by atoms with E-state index in [1.807, 2.05) is 0 Å². The minimum Gasteiger partial charge on any atom is -0.466 e. The van der Waals surface area contributed by atoms with E-state index in [1.165, 1.54) is 231 Å². The van der Waals surface area contributed by atoms with E-state index in [-0.39, 0.29) is 11.9 Å². The predicted molar refractivity (Wildman–Crippen MR) is 287 cm³/mol. The van der Waals surface area contributed by atoms with Gasteiger partial charge in [0.05, 0.1) is 25.4 Å². The van der Waals surface area contributed by atoms with Crippen LogP contribution in [0.3, 0.4) is 0 Å². The number of unbranched alkanes of at least 4 members (excludes halogenated alkanes) is 28. The first kappa shape index (κ1) is 61.9. The fraction of sp³-hybridized carbons (Fsp3) is 0.967. The molecule has 2 rings (SSSR count). The van der Waals surface area contributed by atoms with Crippen molar-refractivity contribution >= 4 is 11.9 Å². The molecule has 67 heavy (non-hydrogen) atoms. The summed E-state index contributed by atoms with van der Waals surface area (Å²) < 4.78 is 17.9. The van der Waals surface area contributed by atoms with Crippen LogP contribution in [0.1, 0.15) is 297 Å². The topological polar surface area (TPSA) is 68.3 Å². The molecule has 396 valence electrons. The van der Waals surface area contributed by atoms with Crippen molar-refractivity contribution in [2.75, 3.05) is 52.5 Å². The predicted octanol–water partition coefficient (Wildman–Crippen LogP) is 17.2. The first-order valence-electron chi connectivity index (χ1n) is 30.4. The van der Waals surface area contributed by atoms with Crippen LogP contribution in [0.5, 0.6) is 0 Å². The fourth-order valence-electron chi connectivity index (χ4n) is 11.0. The monoisotopic (exact) mass is 945 g/mol. The van der Waals surface area contributed by atoms with Crippen molar-refractivity contribution < 1.29 is 23.8 Å². The molecule has 0 amide bonds. The highest BCUT2D eigenvalue weighted by atomic mass is 16.5. The first-order chi connectivity index (χ1) is 33.0. The van der Waals surface area contributed by atoms with Gasteiger partial charge in [-0.1, -0.05) is 246 Å². The van der Waals surface area contributed by atoms with E-state index in [2.05, 4.69) is 37.5 Å². The molecule has 3 atom stereocenters. The fourth-order valence-corrected chi connectivity index (χ4v) is 11.0. The van der Waals surface area contributed by atoms with Crippen LogP contribution in [-0.4, -0.2) is 86.4 Å². The van der Waals surface area contributed by atoms with Crippen molar-refractivity contribution in [3.8, 4) is 0 Å². The molecule has 7 heteroatoms. The molecule has 0 radical (unpaired) electrons. The number of hydrogen-bond donors (Lipinski definition) is 0. The second kappa shape index (κ2) is 45.9. The molecule has 2 aliphatic heterocycles. The molecule has 3 unspecified atom stereocenters. The summed E-state index contributed by atoms with van der Waals surface area (Å²) in [5.74, 6) is 1.48. The maximum absolute atomic E-state index is 12.6. The van der Waals surface area contributed by atoms with Crippen LogP contribution < -0.4 is 0 Å². The van der Waals surface area contributed by atoms with Gasteiger partial charge in [-0.25, -0.2) is 0 Å². The zero-order valence-electron chi connectivity index (χ0n) is 45.6. The van der Waals surface area contributed by atoms with E-state index in [0.29, 0.717) is 38.3 Å². The highest BCUT2D eigenvalue weighted by Crippen LogP contribution is 2.25. The van der Waals surface area contributed by atoms with Crippen molar-refractivity contribution in [1.82, 2.24) is 9.80 Å². The summed E-state index contributed by atoms with van der Waals surface area (Å²) in [5.41, 5.74) is 0. The lowest BCUT2D eigenvalue weighted by Gasteiger charge is -2.46. The van der Waals surface area contributed by atoms with Gasteiger partial charge >= 0.3 is 11.9 Å². The normalized spacial score (nSPS) is 17.1. The summed E-state index contributed by atoms with van der Waals surface area (Å²) in [7, 11) is 0. The van der Waals surface area contributed by atoms with Crippen molar-refractivity contribution in [2.45, 2.75) is 310 Å². The van der Waals surface area contributed by atoms with Crippen LogP contribution in [0.2, 0.25) is 0 Å². The average molecular weight is 946 g/mol. The number of esters is 2. The van der Waals surface area contributed by atoms with Crippen molar-refractivity contribution in [3.05, 3.63) is 0 Å². The Balaban J connectivity index is 1.46. The second-order valence-electron chi connectivity index (χ2n) is 21.9. The van der Waals surface area contributed by atoms with Crippen molar-refractivity contribution in [3.63, 3.8) is 0 Å². The molecule has 0 spiro atoms.